The quantitative estimate of drug-likeness (QED) is 0.829. The Balaban J connectivity index is 1.85. The monoisotopic (exact) mass is 418 g/mol. The third-order valence-electron chi connectivity index (χ3n) is 5.69. The zero-order valence-corrected chi connectivity index (χ0v) is 18.6. The summed E-state index contributed by atoms with van der Waals surface area (Å²) in [5, 5.41) is 0.630. The highest BCUT2D eigenvalue weighted by Crippen LogP contribution is 2.30. The van der Waals surface area contributed by atoms with Gasteiger partial charge in [0.2, 0.25) is 5.95 Å². The highest BCUT2D eigenvalue weighted by Gasteiger charge is 2.32. The Hall–Kier alpha value is -1.77. The van der Waals surface area contributed by atoms with E-state index in [2.05, 4.69) is 9.62 Å². The normalized spacial score (nSPS) is 21.6. The first-order valence-corrected chi connectivity index (χ1v) is 11.4. The van der Waals surface area contributed by atoms with Crippen LogP contribution in [0.25, 0.3) is 10.9 Å². The Labute approximate surface area is 174 Å². The van der Waals surface area contributed by atoms with Crippen LogP contribution in [0.3, 0.4) is 0 Å². The number of nitrogens with one attached hydrogen (secondary N) is 1. The van der Waals surface area contributed by atoms with Crippen LogP contribution in [0.4, 0.5) is 5.95 Å². The highest BCUT2D eigenvalue weighted by atomic mass is 32.2. The molecule has 29 heavy (non-hydrogen) atoms. The number of fused-ring (bicyclic) bond motifs is 4. The molecule has 2 aliphatic rings. The van der Waals surface area contributed by atoms with Crippen molar-refractivity contribution in [3.05, 3.63) is 33.6 Å². The molecule has 7 nitrogen and oxygen atoms in total. The zero-order valence-electron chi connectivity index (χ0n) is 17.8. The maximum absolute atomic E-state index is 13.3. The van der Waals surface area contributed by atoms with E-state index >= 15 is 0 Å². The smallest absolute Gasteiger partial charge is 0.262 e. The minimum Gasteiger partial charge on any atom is -0.377 e. The van der Waals surface area contributed by atoms with Crippen LogP contribution < -0.4 is 15.2 Å². The molecule has 0 spiro atoms. The highest BCUT2D eigenvalue weighted by molar-refractivity contribution is 7.84. The zero-order chi connectivity index (χ0) is 20.9. The molecule has 3 heterocycles. The molecule has 0 saturated carbocycles. The SMILES string of the molecule is Cc1cc([C@@H](C)N[S@](=O)C(C)(C)C)c2nc3n(c(=O)c2c1)CCC1COCCN31. The molecule has 158 valence electrons. The van der Waals surface area contributed by atoms with Crippen LogP contribution in [-0.4, -0.2) is 44.3 Å². The number of aromatic nitrogens is 2. The van der Waals surface area contributed by atoms with Crippen molar-refractivity contribution < 1.29 is 8.95 Å². The van der Waals surface area contributed by atoms with E-state index in [0.717, 1.165) is 30.0 Å². The molecule has 2 aliphatic heterocycles. The van der Waals surface area contributed by atoms with Crippen LogP contribution in [0.5, 0.6) is 0 Å². The molecule has 2 aromatic rings. The van der Waals surface area contributed by atoms with Gasteiger partial charge in [0.1, 0.15) is 0 Å². The summed E-state index contributed by atoms with van der Waals surface area (Å²) < 4.78 is 22.9. The fourth-order valence-electron chi connectivity index (χ4n) is 4.08. The third-order valence-corrected chi connectivity index (χ3v) is 7.37. The van der Waals surface area contributed by atoms with Gasteiger partial charge in [0, 0.05) is 19.1 Å². The Morgan fingerprint density at radius 1 is 1.31 bits per heavy atom. The van der Waals surface area contributed by atoms with E-state index in [-0.39, 0.29) is 22.4 Å². The molecule has 0 aliphatic carbocycles. The summed E-state index contributed by atoms with van der Waals surface area (Å²) >= 11 is 0. The van der Waals surface area contributed by atoms with Gasteiger partial charge in [-0.3, -0.25) is 9.36 Å². The largest absolute Gasteiger partial charge is 0.377 e. The van der Waals surface area contributed by atoms with E-state index < -0.39 is 11.0 Å². The van der Waals surface area contributed by atoms with Gasteiger partial charge in [-0.1, -0.05) is 6.07 Å². The molecule has 8 heteroatoms. The van der Waals surface area contributed by atoms with Gasteiger partial charge >= 0.3 is 0 Å². The molecule has 1 saturated heterocycles. The summed E-state index contributed by atoms with van der Waals surface area (Å²) in [4.78, 5) is 20.5. The fraction of sp³-hybridized carbons (Fsp3) is 0.619. The van der Waals surface area contributed by atoms with Crippen molar-refractivity contribution in [2.45, 2.75) is 64.4 Å². The second-order valence-corrected chi connectivity index (χ2v) is 11.0. The fourth-order valence-corrected chi connectivity index (χ4v) is 4.88. The molecule has 1 N–H and O–H groups in total. The van der Waals surface area contributed by atoms with Gasteiger partial charge in [-0.25, -0.2) is 13.9 Å². The molecule has 0 bridgehead atoms. The van der Waals surface area contributed by atoms with E-state index in [4.69, 9.17) is 9.72 Å². The van der Waals surface area contributed by atoms with E-state index in [9.17, 15) is 9.00 Å². The van der Waals surface area contributed by atoms with E-state index in [1.807, 2.05) is 46.8 Å². The lowest BCUT2D eigenvalue weighted by Crippen LogP contribution is -2.52. The van der Waals surface area contributed by atoms with Crippen molar-refractivity contribution >= 4 is 27.8 Å². The summed E-state index contributed by atoms with van der Waals surface area (Å²) in [6.45, 7) is 12.5. The number of hydrogen-bond acceptors (Lipinski definition) is 5. The molecule has 4 rings (SSSR count). The third kappa shape index (κ3) is 3.73. The molecule has 0 amide bonds. The number of benzene rings is 1. The first-order chi connectivity index (χ1) is 13.7. The molecule has 0 radical (unpaired) electrons. The molecule has 1 aromatic carbocycles. The molecule has 1 fully saturated rings. The standard InChI is InChI=1S/C21H30N4O3S/c1-13-10-16(14(2)23-29(27)21(3,4)5)18-17(11-13)19(26)25-7-6-15-12-28-9-8-24(15)20(25)22-18/h10-11,14-15,23H,6-9,12H2,1-5H3/t14-,15?,29-/m1/s1. The summed E-state index contributed by atoms with van der Waals surface area (Å²) in [6, 6.07) is 4.03. The Morgan fingerprint density at radius 2 is 2.07 bits per heavy atom. The van der Waals surface area contributed by atoms with Gasteiger partial charge in [-0.05, 0) is 58.2 Å². The molecule has 1 unspecified atom stereocenters. The van der Waals surface area contributed by atoms with E-state index in [1.54, 1.807) is 4.57 Å². The van der Waals surface area contributed by atoms with Crippen molar-refractivity contribution in [2.75, 3.05) is 24.7 Å². The lowest BCUT2D eigenvalue weighted by atomic mass is 10.0. The number of ether oxygens (including phenoxy) is 1. The summed E-state index contributed by atoms with van der Waals surface area (Å²) in [7, 11) is -1.22. The lowest BCUT2D eigenvalue weighted by molar-refractivity contribution is 0.0844. The van der Waals surface area contributed by atoms with Crippen molar-refractivity contribution in [1.82, 2.24) is 14.3 Å². The Kier molecular flexibility index (Phi) is 5.29. The van der Waals surface area contributed by atoms with Crippen LogP contribution in [0.2, 0.25) is 0 Å². The van der Waals surface area contributed by atoms with Crippen LogP contribution >= 0.6 is 0 Å². The topological polar surface area (TPSA) is 76.5 Å². The summed E-state index contributed by atoms with van der Waals surface area (Å²) in [5.74, 6) is 0.733. The number of anilines is 1. The van der Waals surface area contributed by atoms with Gasteiger partial charge in [-0.15, -0.1) is 0 Å². The predicted octanol–water partition coefficient (Wildman–Crippen LogP) is 2.43. The van der Waals surface area contributed by atoms with Crippen molar-refractivity contribution in [1.29, 1.82) is 0 Å². The van der Waals surface area contributed by atoms with Gasteiger partial charge in [0.15, 0.2) is 0 Å². The van der Waals surface area contributed by atoms with Crippen molar-refractivity contribution in [2.24, 2.45) is 0 Å². The maximum atomic E-state index is 13.3. The second kappa shape index (κ2) is 7.49. The molecule has 3 atom stereocenters. The average Bonchev–Trinajstić information content (AvgIpc) is 2.67. The van der Waals surface area contributed by atoms with Crippen LogP contribution in [-0.2, 0) is 22.3 Å². The number of nitrogens with zero attached hydrogens (tertiary/aromatic N) is 3. The van der Waals surface area contributed by atoms with Gasteiger partial charge in [-0.2, -0.15) is 0 Å². The number of aryl methyl sites for hydroxylation is 1. The maximum Gasteiger partial charge on any atom is 0.262 e. The van der Waals surface area contributed by atoms with E-state index in [0.29, 0.717) is 30.7 Å². The predicted molar refractivity (Wildman–Crippen MR) is 117 cm³/mol. The molecule has 1 aromatic heterocycles. The first kappa shape index (κ1) is 20.5. The first-order valence-electron chi connectivity index (χ1n) is 10.2. The Bertz CT molecular complexity index is 1030. The van der Waals surface area contributed by atoms with Crippen LogP contribution in [0.1, 0.15) is 51.3 Å². The van der Waals surface area contributed by atoms with Crippen LogP contribution in [0, 0.1) is 6.92 Å². The average molecular weight is 419 g/mol. The van der Waals surface area contributed by atoms with Crippen LogP contribution in [0.15, 0.2) is 16.9 Å². The minimum absolute atomic E-state index is 0.00374. The van der Waals surface area contributed by atoms with Gasteiger partial charge in [0.25, 0.3) is 5.56 Å². The van der Waals surface area contributed by atoms with Crippen molar-refractivity contribution in [3.8, 4) is 0 Å². The Morgan fingerprint density at radius 3 is 2.79 bits per heavy atom. The second-order valence-electron chi connectivity index (χ2n) is 9.05. The summed E-state index contributed by atoms with van der Waals surface area (Å²) in [6.07, 6.45) is 0.890. The lowest BCUT2D eigenvalue weighted by Gasteiger charge is -2.41. The van der Waals surface area contributed by atoms with Crippen molar-refractivity contribution in [3.63, 3.8) is 0 Å². The number of hydrogen-bond donors (Lipinski definition) is 1. The van der Waals surface area contributed by atoms with Gasteiger partial charge in [0.05, 0.1) is 45.9 Å². The minimum atomic E-state index is -1.22. The molecular weight excluding hydrogens is 388 g/mol. The number of rotatable bonds is 3. The van der Waals surface area contributed by atoms with Gasteiger partial charge < -0.3 is 9.64 Å². The number of morpholine rings is 1. The molecular formula is C21H30N4O3S. The summed E-state index contributed by atoms with van der Waals surface area (Å²) in [5.41, 5.74) is 2.62. The van der Waals surface area contributed by atoms with E-state index in [1.165, 1.54) is 0 Å².